The Kier molecular flexibility index (Phi) is 7.70. The summed E-state index contributed by atoms with van der Waals surface area (Å²) in [5.41, 5.74) is 1.75. The van der Waals surface area contributed by atoms with Crippen LogP contribution < -0.4 is 10.6 Å². The Morgan fingerprint density at radius 1 is 1.07 bits per heavy atom. The third kappa shape index (κ3) is 7.48. The first-order valence-electron chi connectivity index (χ1n) is 9.48. The van der Waals surface area contributed by atoms with Crippen LogP contribution in [0, 0.1) is 0 Å². The van der Waals surface area contributed by atoms with Crippen LogP contribution in [0.25, 0.3) is 0 Å². The van der Waals surface area contributed by atoms with Crippen LogP contribution in [0.1, 0.15) is 38.1 Å². The Labute approximate surface area is 167 Å². The van der Waals surface area contributed by atoms with E-state index >= 15 is 0 Å². The van der Waals surface area contributed by atoms with Crippen LogP contribution >= 0.6 is 0 Å². The molecule has 1 aromatic heterocycles. The molecule has 0 saturated carbocycles. The van der Waals surface area contributed by atoms with Gasteiger partial charge in [-0.2, -0.15) is 0 Å². The fourth-order valence-corrected chi connectivity index (χ4v) is 2.68. The first-order valence-corrected chi connectivity index (χ1v) is 9.48. The average molecular weight is 383 g/mol. The van der Waals surface area contributed by atoms with Gasteiger partial charge in [-0.05, 0) is 38.5 Å². The fourth-order valence-electron chi connectivity index (χ4n) is 2.68. The number of hydrogen-bond donors (Lipinski definition) is 2. The number of pyridine rings is 1. The van der Waals surface area contributed by atoms with Gasteiger partial charge in [0.25, 0.3) is 0 Å². The molecular weight excluding hydrogens is 352 g/mol. The number of carbonyl (C=O) groups excluding carboxylic acids is 2. The van der Waals surface area contributed by atoms with Crippen molar-refractivity contribution in [3.8, 4) is 0 Å². The van der Waals surface area contributed by atoms with E-state index in [1.54, 1.807) is 13.2 Å². The average Bonchev–Trinajstić information content (AvgIpc) is 2.66. The van der Waals surface area contributed by atoms with E-state index in [9.17, 15) is 9.59 Å². The maximum atomic E-state index is 12.6. The van der Waals surface area contributed by atoms with Crippen molar-refractivity contribution in [2.24, 2.45) is 0 Å². The number of rotatable bonds is 8. The zero-order valence-electron chi connectivity index (χ0n) is 17.1. The molecule has 2 N–H and O–H groups in total. The summed E-state index contributed by atoms with van der Waals surface area (Å²) in [6, 6.07) is 15.3. The second kappa shape index (κ2) is 9.99. The fraction of sp³-hybridized carbons (Fsp3) is 0.409. The lowest BCUT2D eigenvalue weighted by atomic mass is 10.0. The van der Waals surface area contributed by atoms with Crippen LogP contribution in [0.15, 0.2) is 54.7 Å². The standard InChI is InChI=1S/C22H30N4O2/c1-22(2,3)24-15-21(28)26(4)16-20(27)25-19(17-10-6-5-7-11-17)14-18-12-8-9-13-23-18/h5-13,19,24H,14-16H2,1-4H3,(H,25,27). The number of amides is 2. The molecule has 28 heavy (non-hydrogen) atoms. The molecule has 6 nitrogen and oxygen atoms in total. The minimum absolute atomic E-state index is 0.0101. The van der Waals surface area contributed by atoms with Crippen molar-refractivity contribution in [1.29, 1.82) is 0 Å². The van der Waals surface area contributed by atoms with Gasteiger partial charge in [-0.1, -0.05) is 36.4 Å². The summed E-state index contributed by atoms with van der Waals surface area (Å²) in [7, 11) is 1.64. The predicted molar refractivity (Wildman–Crippen MR) is 111 cm³/mol. The van der Waals surface area contributed by atoms with Crippen molar-refractivity contribution in [2.75, 3.05) is 20.1 Å². The smallest absolute Gasteiger partial charge is 0.240 e. The molecule has 1 heterocycles. The molecule has 0 fully saturated rings. The number of aromatic nitrogens is 1. The van der Waals surface area contributed by atoms with Gasteiger partial charge in [0.2, 0.25) is 11.8 Å². The van der Waals surface area contributed by atoms with Crippen LogP contribution in [-0.4, -0.2) is 47.4 Å². The lowest BCUT2D eigenvalue weighted by Crippen LogP contribution is -2.46. The highest BCUT2D eigenvalue weighted by Crippen LogP contribution is 2.17. The van der Waals surface area contributed by atoms with Crippen LogP contribution in [-0.2, 0) is 16.0 Å². The van der Waals surface area contributed by atoms with Gasteiger partial charge in [-0.25, -0.2) is 0 Å². The molecule has 0 aliphatic rings. The van der Waals surface area contributed by atoms with E-state index in [-0.39, 0.29) is 36.5 Å². The summed E-state index contributed by atoms with van der Waals surface area (Å²) >= 11 is 0. The minimum atomic E-state index is -0.209. The number of likely N-dealkylation sites (N-methyl/N-ethyl adjacent to an activating group) is 1. The van der Waals surface area contributed by atoms with Gasteiger partial charge in [0.15, 0.2) is 0 Å². The Morgan fingerprint density at radius 2 is 1.75 bits per heavy atom. The number of benzene rings is 1. The molecule has 1 atom stereocenters. The van der Waals surface area contributed by atoms with Gasteiger partial charge in [0.05, 0.1) is 19.1 Å². The number of nitrogens with zero attached hydrogens (tertiary/aromatic N) is 2. The molecular formula is C22H30N4O2. The quantitative estimate of drug-likeness (QED) is 0.735. The Bertz CT molecular complexity index is 757. The molecule has 0 aliphatic carbocycles. The highest BCUT2D eigenvalue weighted by molar-refractivity contribution is 5.85. The van der Waals surface area contributed by atoms with E-state index in [1.165, 1.54) is 4.90 Å². The van der Waals surface area contributed by atoms with Crippen molar-refractivity contribution in [3.63, 3.8) is 0 Å². The summed E-state index contributed by atoms with van der Waals surface area (Å²) in [5.74, 6) is -0.317. The first-order chi connectivity index (χ1) is 13.2. The van der Waals surface area contributed by atoms with Crippen molar-refractivity contribution in [3.05, 3.63) is 66.0 Å². The van der Waals surface area contributed by atoms with E-state index in [4.69, 9.17) is 0 Å². The number of carbonyl (C=O) groups is 2. The van der Waals surface area contributed by atoms with Crippen LogP contribution in [0.2, 0.25) is 0 Å². The third-order valence-corrected chi connectivity index (χ3v) is 4.25. The lowest BCUT2D eigenvalue weighted by Gasteiger charge is -2.24. The molecule has 0 aliphatic heterocycles. The molecule has 2 aromatic rings. The maximum Gasteiger partial charge on any atom is 0.240 e. The highest BCUT2D eigenvalue weighted by atomic mass is 16.2. The largest absolute Gasteiger partial charge is 0.347 e. The van der Waals surface area contributed by atoms with Gasteiger partial charge in [0, 0.05) is 30.9 Å². The SMILES string of the molecule is CN(CC(=O)NC(Cc1ccccn1)c1ccccc1)C(=O)CNC(C)(C)C. The van der Waals surface area contributed by atoms with Gasteiger partial charge < -0.3 is 15.5 Å². The molecule has 0 radical (unpaired) electrons. The molecule has 1 unspecified atom stereocenters. The summed E-state index contributed by atoms with van der Waals surface area (Å²) in [5, 5.41) is 6.19. The second-order valence-electron chi connectivity index (χ2n) is 7.91. The van der Waals surface area contributed by atoms with E-state index in [0.717, 1.165) is 11.3 Å². The van der Waals surface area contributed by atoms with Crippen LogP contribution in [0.5, 0.6) is 0 Å². The summed E-state index contributed by atoms with van der Waals surface area (Å²) in [6.45, 7) is 6.19. The predicted octanol–water partition coefficient (Wildman–Crippen LogP) is 2.33. The maximum absolute atomic E-state index is 12.6. The topological polar surface area (TPSA) is 74.3 Å². The van der Waals surface area contributed by atoms with E-state index in [0.29, 0.717) is 6.42 Å². The third-order valence-electron chi connectivity index (χ3n) is 4.25. The zero-order valence-corrected chi connectivity index (χ0v) is 17.1. The Hall–Kier alpha value is -2.73. The molecule has 6 heteroatoms. The van der Waals surface area contributed by atoms with Gasteiger partial charge in [0.1, 0.15) is 0 Å². The van der Waals surface area contributed by atoms with Crippen molar-refractivity contribution < 1.29 is 9.59 Å². The monoisotopic (exact) mass is 382 g/mol. The van der Waals surface area contributed by atoms with Crippen molar-refractivity contribution in [1.82, 2.24) is 20.5 Å². The van der Waals surface area contributed by atoms with Crippen LogP contribution in [0.4, 0.5) is 0 Å². The van der Waals surface area contributed by atoms with Crippen LogP contribution in [0.3, 0.4) is 0 Å². The van der Waals surface area contributed by atoms with Crippen molar-refractivity contribution in [2.45, 2.75) is 38.8 Å². The molecule has 150 valence electrons. The molecule has 0 spiro atoms. The molecule has 2 rings (SSSR count). The summed E-state index contributed by atoms with van der Waals surface area (Å²) < 4.78 is 0. The van der Waals surface area contributed by atoms with E-state index < -0.39 is 0 Å². The summed E-state index contributed by atoms with van der Waals surface area (Å²) in [4.78, 5) is 30.6. The van der Waals surface area contributed by atoms with E-state index in [2.05, 4.69) is 15.6 Å². The van der Waals surface area contributed by atoms with Gasteiger partial charge in [-0.15, -0.1) is 0 Å². The number of nitrogens with one attached hydrogen (secondary N) is 2. The number of hydrogen-bond acceptors (Lipinski definition) is 4. The first kappa shape index (κ1) is 21.6. The second-order valence-corrected chi connectivity index (χ2v) is 7.91. The minimum Gasteiger partial charge on any atom is -0.347 e. The Balaban J connectivity index is 1.99. The zero-order chi connectivity index (χ0) is 20.6. The molecule has 1 aromatic carbocycles. The van der Waals surface area contributed by atoms with Crippen molar-refractivity contribution >= 4 is 11.8 Å². The molecule has 2 amide bonds. The molecule has 0 saturated heterocycles. The summed E-state index contributed by atoms with van der Waals surface area (Å²) in [6.07, 6.45) is 2.33. The van der Waals surface area contributed by atoms with Gasteiger partial charge >= 0.3 is 0 Å². The molecule has 0 bridgehead atoms. The Morgan fingerprint density at radius 3 is 2.36 bits per heavy atom. The van der Waals surface area contributed by atoms with Gasteiger partial charge in [-0.3, -0.25) is 14.6 Å². The lowest BCUT2D eigenvalue weighted by molar-refractivity contribution is -0.134. The van der Waals surface area contributed by atoms with E-state index in [1.807, 2.05) is 69.3 Å². The normalized spacial score (nSPS) is 12.3. The highest BCUT2D eigenvalue weighted by Gasteiger charge is 2.19.